The predicted octanol–water partition coefficient (Wildman–Crippen LogP) is 1.51. The summed E-state index contributed by atoms with van der Waals surface area (Å²) in [6.45, 7) is 4.69. The lowest BCUT2D eigenvalue weighted by Crippen LogP contribution is -2.50. The van der Waals surface area contributed by atoms with Gasteiger partial charge in [-0.05, 0) is 6.92 Å². The van der Waals surface area contributed by atoms with Crippen LogP contribution in [0, 0.1) is 0 Å². The zero-order valence-corrected chi connectivity index (χ0v) is 12.1. The molecule has 2 rings (SSSR count). The molecule has 2 atom stereocenters. The first kappa shape index (κ1) is 14.2. The Balaban J connectivity index is 1.84. The second-order valence-electron chi connectivity index (χ2n) is 4.60. The van der Waals surface area contributed by atoms with Crippen molar-refractivity contribution >= 4 is 22.9 Å². The molecule has 0 radical (unpaired) electrons. The van der Waals surface area contributed by atoms with Crippen LogP contribution < -0.4 is 0 Å². The Labute approximate surface area is 117 Å². The van der Waals surface area contributed by atoms with Crippen LogP contribution in [0.25, 0.3) is 0 Å². The van der Waals surface area contributed by atoms with E-state index in [1.165, 1.54) is 0 Å². The summed E-state index contributed by atoms with van der Waals surface area (Å²) in [6, 6.07) is 0.403. The SMILES string of the molecule is CC1COC(CO)CN1CCc1nc(CCl)cs1. The Morgan fingerprint density at radius 1 is 1.67 bits per heavy atom. The molecule has 4 nitrogen and oxygen atoms in total. The van der Waals surface area contributed by atoms with Crippen LogP contribution >= 0.6 is 22.9 Å². The summed E-state index contributed by atoms with van der Waals surface area (Å²) in [7, 11) is 0. The van der Waals surface area contributed by atoms with E-state index >= 15 is 0 Å². The molecule has 1 saturated heterocycles. The van der Waals surface area contributed by atoms with Crippen LogP contribution in [-0.2, 0) is 17.0 Å². The maximum absolute atomic E-state index is 9.14. The van der Waals surface area contributed by atoms with Crippen molar-refractivity contribution in [3.63, 3.8) is 0 Å². The zero-order valence-electron chi connectivity index (χ0n) is 10.5. The minimum Gasteiger partial charge on any atom is -0.394 e. The first-order valence-corrected chi connectivity index (χ1v) is 7.60. The van der Waals surface area contributed by atoms with E-state index in [9.17, 15) is 0 Å². The van der Waals surface area contributed by atoms with E-state index in [-0.39, 0.29) is 12.7 Å². The van der Waals surface area contributed by atoms with E-state index in [0.717, 1.165) is 30.2 Å². The molecule has 1 aromatic rings. The fourth-order valence-electron chi connectivity index (χ4n) is 2.06. The van der Waals surface area contributed by atoms with Gasteiger partial charge in [0.1, 0.15) is 0 Å². The average molecular weight is 291 g/mol. The van der Waals surface area contributed by atoms with Crippen LogP contribution in [0.3, 0.4) is 0 Å². The second-order valence-corrected chi connectivity index (χ2v) is 5.81. The van der Waals surface area contributed by atoms with Gasteiger partial charge in [0.2, 0.25) is 0 Å². The molecule has 18 heavy (non-hydrogen) atoms. The molecule has 1 aliphatic heterocycles. The molecule has 0 bridgehead atoms. The van der Waals surface area contributed by atoms with Gasteiger partial charge in [0.25, 0.3) is 0 Å². The minimum absolute atomic E-state index is 0.0455. The molecular formula is C12H19ClN2O2S. The summed E-state index contributed by atoms with van der Waals surface area (Å²) in [5.74, 6) is 0.483. The molecule has 6 heteroatoms. The third-order valence-electron chi connectivity index (χ3n) is 3.19. The molecule has 1 aromatic heterocycles. The van der Waals surface area contributed by atoms with Gasteiger partial charge in [-0.1, -0.05) is 0 Å². The first-order chi connectivity index (χ1) is 8.72. The molecule has 1 N–H and O–H groups in total. The smallest absolute Gasteiger partial charge is 0.0941 e. The summed E-state index contributed by atoms with van der Waals surface area (Å²) >= 11 is 7.41. The lowest BCUT2D eigenvalue weighted by molar-refractivity contribution is -0.0773. The van der Waals surface area contributed by atoms with Gasteiger partial charge in [0, 0.05) is 30.9 Å². The number of hydrogen-bond donors (Lipinski definition) is 1. The highest BCUT2D eigenvalue weighted by Crippen LogP contribution is 2.15. The maximum Gasteiger partial charge on any atom is 0.0941 e. The Bertz CT molecular complexity index is 375. The lowest BCUT2D eigenvalue weighted by Gasteiger charge is -2.37. The molecule has 1 aliphatic rings. The monoisotopic (exact) mass is 290 g/mol. The van der Waals surface area contributed by atoms with E-state index in [4.69, 9.17) is 21.4 Å². The van der Waals surface area contributed by atoms with Gasteiger partial charge < -0.3 is 9.84 Å². The lowest BCUT2D eigenvalue weighted by atomic mass is 10.2. The van der Waals surface area contributed by atoms with E-state index in [2.05, 4.69) is 16.8 Å². The van der Waals surface area contributed by atoms with Gasteiger partial charge >= 0.3 is 0 Å². The highest BCUT2D eigenvalue weighted by molar-refractivity contribution is 7.09. The van der Waals surface area contributed by atoms with Crippen LogP contribution in [0.1, 0.15) is 17.6 Å². The summed E-state index contributed by atoms with van der Waals surface area (Å²) in [5.41, 5.74) is 0.958. The van der Waals surface area contributed by atoms with Gasteiger partial charge in [-0.2, -0.15) is 0 Å². The van der Waals surface area contributed by atoms with Crippen molar-refractivity contribution in [3.8, 4) is 0 Å². The fraction of sp³-hybridized carbons (Fsp3) is 0.750. The predicted molar refractivity (Wildman–Crippen MR) is 73.2 cm³/mol. The number of halogens is 1. The third kappa shape index (κ3) is 3.65. The summed E-state index contributed by atoms with van der Waals surface area (Å²) < 4.78 is 5.52. The summed E-state index contributed by atoms with van der Waals surface area (Å²) in [4.78, 5) is 6.81. The van der Waals surface area contributed by atoms with Crippen LogP contribution in [-0.4, -0.2) is 53.4 Å². The van der Waals surface area contributed by atoms with E-state index in [1.807, 2.05) is 5.38 Å². The van der Waals surface area contributed by atoms with Crippen molar-refractivity contribution in [2.75, 3.05) is 26.3 Å². The highest BCUT2D eigenvalue weighted by Gasteiger charge is 2.25. The fourth-order valence-corrected chi connectivity index (χ4v) is 3.08. The first-order valence-electron chi connectivity index (χ1n) is 6.18. The quantitative estimate of drug-likeness (QED) is 0.835. The minimum atomic E-state index is -0.0455. The van der Waals surface area contributed by atoms with Crippen LogP contribution in [0.5, 0.6) is 0 Å². The molecule has 0 amide bonds. The molecule has 2 heterocycles. The Hall–Kier alpha value is -0.200. The Morgan fingerprint density at radius 3 is 3.17 bits per heavy atom. The number of rotatable bonds is 5. The normalized spacial score (nSPS) is 25.5. The van der Waals surface area contributed by atoms with Gasteiger partial charge in [-0.15, -0.1) is 22.9 Å². The number of thiazole rings is 1. The van der Waals surface area contributed by atoms with Crippen LogP contribution in [0.4, 0.5) is 0 Å². The van der Waals surface area contributed by atoms with Gasteiger partial charge in [-0.25, -0.2) is 4.98 Å². The topological polar surface area (TPSA) is 45.6 Å². The number of aliphatic hydroxyl groups excluding tert-OH is 1. The zero-order chi connectivity index (χ0) is 13.0. The molecule has 0 aromatic carbocycles. The molecule has 0 spiro atoms. The van der Waals surface area contributed by atoms with Crippen molar-refractivity contribution in [1.29, 1.82) is 0 Å². The summed E-state index contributed by atoms with van der Waals surface area (Å²) in [5, 5.41) is 12.3. The van der Waals surface area contributed by atoms with E-state index in [1.54, 1.807) is 11.3 Å². The standard InChI is InChI=1S/C12H19ClN2O2S/c1-9-7-17-11(6-16)5-15(9)3-2-12-14-10(4-13)8-18-12/h8-9,11,16H,2-7H2,1H3. The van der Waals surface area contributed by atoms with Crippen molar-refractivity contribution in [1.82, 2.24) is 9.88 Å². The van der Waals surface area contributed by atoms with Crippen molar-refractivity contribution in [3.05, 3.63) is 16.1 Å². The van der Waals surface area contributed by atoms with Crippen molar-refractivity contribution < 1.29 is 9.84 Å². The van der Waals surface area contributed by atoms with Crippen molar-refractivity contribution in [2.24, 2.45) is 0 Å². The Kier molecular flexibility index (Phi) is 5.38. The number of hydrogen-bond acceptors (Lipinski definition) is 5. The number of nitrogens with zero attached hydrogens (tertiary/aromatic N) is 2. The summed E-state index contributed by atoms with van der Waals surface area (Å²) in [6.07, 6.45) is 0.889. The number of aliphatic hydroxyl groups is 1. The van der Waals surface area contributed by atoms with Crippen LogP contribution in [0.2, 0.25) is 0 Å². The number of alkyl halides is 1. The number of ether oxygens (including phenoxy) is 1. The van der Waals surface area contributed by atoms with Gasteiger partial charge in [-0.3, -0.25) is 4.90 Å². The largest absolute Gasteiger partial charge is 0.394 e. The average Bonchev–Trinajstić information content (AvgIpc) is 2.86. The second kappa shape index (κ2) is 6.82. The molecular weight excluding hydrogens is 272 g/mol. The number of aromatic nitrogens is 1. The van der Waals surface area contributed by atoms with Gasteiger partial charge in [0.05, 0.1) is 35.9 Å². The third-order valence-corrected chi connectivity index (χ3v) is 4.42. The molecule has 1 fully saturated rings. The van der Waals surface area contributed by atoms with Gasteiger partial charge in [0.15, 0.2) is 0 Å². The molecule has 102 valence electrons. The Morgan fingerprint density at radius 2 is 2.50 bits per heavy atom. The molecule has 0 saturated carbocycles. The van der Waals surface area contributed by atoms with E-state index < -0.39 is 0 Å². The molecule has 2 unspecified atom stereocenters. The maximum atomic E-state index is 9.14. The molecule has 0 aliphatic carbocycles. The highest BCUT2D eigenvalue weighted by atomic mass is 35.5. The van der Waals surface area contributed by atoms with Crippen LogP contribution in [0.15, 0.2) is 5.38 Å². The number of morpholine rings is 1. The van der Waals surface area contributed by atoms with Crippen molar-refractivity contribution in [2.45, 2.75) is 31.4 Å². The van der Waals surface area contributed by atoms with E-state index in [0.29, 0.717) is 18.5 Å².